The molecule has 0 spiro atoms. The Balaban J connectivity index is 1.44. The molecule has 1 atom stereocenters. The van der Waals surface area contributed by atoms with E-state index in [0.29, 0.717) is 0 Å². The summed E-state index contributed by atoms with van der Waals surface area (Å²) in [6.07, 6.45) is 0.296. The SMILES string of the molecule is Cc1cnc(Cl)c(NC(=O)C(CCC(=O)O)NC(=O)OCC2c3ccccc3-c3ccccc32)c1. The molecule has 180 valence electrons. The summed E-state index contributed by atoms with van der Waals surface area (Å²) in [6.45, 7) is 1.86. The van der Waals surface area contributed by atoms with Gasteiger partial charge in [-0.05, 0) is 47.2 Å². The quantitative estimate of drug-likeness (QED) is 0.390. The number of carbonyl (C=O) groups excluding carboxylic acids is 2. The van der Waals surface area contributed by atoms with E-state index in [1.807, 2.05) is 48.5 Å². The highest BCUT2D eigenvalue weighted by molar-refractivity contribution is 6.32. The molecule has 9 heteroatoms. The van der Waals surface area contributed by atoms with Crippen molar-refractivity contribution in [2.24, 2.45) is 0 Å². The van der Waals surface area contributed by atoms with E-state index >= 15 is 0 Å². The van der Waals surface area contributed by atoms with Crippen LogP contribution in [0.3, 0.4) is 0 Å². The molecule has 8 nitrogen and oxygen atoms in total. The van der Waals surface area contributed by atoms with Gasteiger partial charge in [0.2, 0.25) is 5.91 Å². The van der Waals surface area contributed by atoms with Crippen LogP contribution in [0, 0.1) is 6.92 Å². The maximum atomic E-state index is 12.9. The van der Waals surface area contributed by atoms with Crippen LogP contribution in [0.25, 0.3) is 11.1 Å². The molecule has 0 bridgehead atoms. The van der Waals surface area contributed by atoms with Gasteiger partial charge in [-0.15, -0.1) is 0 Å². The Labute approximate surface area is 207 Å². The summed E-state index contributed by atoms with van der Waals surface area (Å²) in [6, 6.07) is 16.4. The number of fused-ring (bicyclic) bond motifs is 3. The fourth-order valence-corrected chi connectivity index (χ4v) is 4.33. The lowest BCUT2D eigenvalue weighted by Crippen LogP contribution is -2.44. The zero-order valence-corrected chi connectivity index (χ0v) is 19.7. The first-order chi connectivity index (χ1) is 16.8. The second-order valence-corrected chi connectivity index (χ2v) is 8.65. The van der Waals surface area contributed by atoms with Crippen LogP contribution in [0.1, 0.15) is 35.4 Å². The molecule has 1 aliphatic carbocycles. The zero-order valence-electron chi connectivity index (χ0n) is 19.0. The lowest BCUT2D eigenvalue weighted by molar-refractivity contribution is -0.137. The van der Waals surface area contributed by atoms with Crippen molar-refractivity contribution < 1.29 is 24.2 Å². The highest BCUT2D eigenvalue weighted by atomic mass is 35.5. The highest BCUT2D eigenvalue weighted by Crippen LogP contribution is 2.44. The number of benzene rings is 2. The van der Waals surface area contributed by atoms with E-state index in [0.717, 1.165) is 27.8 Å². The van der Waals surface area contributed by atoms with Crippen molar-refractivity contribution in [1.29, 1.82) is 0 Å². The van der Waals surface area contributed by atoms with Gasteiger partial charge in [-0.3, -0.25) is 9.59 Å². The molecule has 1 aromatic heterocycles. The third-order valence-electron chi connectivity index (χ3n) is 5.83. The van der Waals surface area contributed by atoms with E-state index in [2.05, 4.69) is 15.6 Å². The van der Waals surface area contributed by atoms with E-state index in [9.17, 15) is 14.4 Å². The van der Waals surface area contributed by atoms with Gasteiger partial charge in [0.15, 0.2) is 5.15 Å². The number of pyridine rings is 1. The number of amides is 2. The number of anilines is 1. The van der Waals surface area contributed by atoms with Crippen LogP contribution in [-0.4, -0.2) is 40.7 Å². The number of rotatable bonds is 8. The minimum absolute atomic E-state index is 0.0702. The standard InChI is InChI=1S/C26H24ClN3O5/c1-15-12-22(24(27)28-13-15)29-25(33)21(10-11-23(31)32)30-26(34)35-14-20-18-8-4-2-6-16(18)17-7-3-5-9-19(17)20/h2-9,12-13,20-21H,10-11,14H2,1H3,(H,29,33)(H,30,34)(H,31,32). The summed E-state index contributed by atoms with van der Waals surface area (Å²) < 4.78 is 5.50. The van der Waals surface area contributed by atoms with Crippen molar-refractivity contribution >= 4 is 35.3 Å². The van der Waals surface area contributed by atoms with Crippen LogP contribution < -0.4 is 10.6 Å². The number of hydrogen-bond acceptors (Lipinski definition) is 5. The second kappa shape index (κ2) is 10.6. The summed E-state index contributed by atoms with van der Waals surface area (Å²) >= 11 is 6.05. The minimum atomic E-state index is -1.14. The number of aromatic nitrogens is 1. The summed E-state index contributed by atoms with van der Waals surface area (Å²) in [5, 5.41) is 14.3. The average molecular weight is 494 g/mol. The van der Waals surface area contributed by atoms with Crippen LogP contribution in [0.2, 0.25) is 5.15 Å². The van der Waals surface area contributed by atoms with Crippen molar-refractivity contribution in [3.8, 4) is 11.1 Å². The number of alkyl carbamates (subject to hydrolysis) is 1. The molecule has 1 heterocycles. The van der Waals surface area contributed by atoms with Crippen molar-refractivity contribution in [3.05, 3.63) is 82.6 Å². The monoisotopic (exact) mass is 493 g/mol. The van der Waals surface area contributed by atoms with Crippen LogP contribution in [0.15, 0.2) is 60.8 Å². The van der Waals surface area contributed by atoms with E-state index in [1.54, 1.807) is 19.2 Å². The van der Waals surface area contributed by atoms with Crippen LogP contribution in [0.5, 0.6) is 0 Å². The lowest BCUT2D eigenvalue weighted by Gasteiger charge is -2.19. The van der Waals surface area contributed by atoms with Crippen LogP contribution in [-0.2, 0) is 14.3 Å². The van der Waals surface area contributed by atoms with Gasteiger partial charge in [0.25, 0.3) is 0 Å². The van der Waals surface area contributed by atoms with Gasteiger partial charge in [-0.25, -0.2) is 9.78 Å². The molecule has 0 fully saturated rings. The molecule has 0 saturated heterocycles. The topological polar surface area (TPSA) is 118 Å². The van der Waals surface area contributed by atoms with Crippen molar-refractivity contribution in [2.75, 3.05) is 11.9 Å². The Hall–Kier alpha value is -3.91. The minimum Gasteiger partial charge on any atom is -0.481 e. The first kappa shape index (κ1) is 24.2. The maximum Gasteiger partial charge on any atom is 0.407 e. The van der Waals surface area contributed by atoms with Gasteiger partial charge >= 0.3 is 12.1 Å². The molecule has 1 unspecified atom stereocenters. The lowest BCUT2D eigenvalue weighted by atomic mass is 9.98. The molecular weight excluding hydrogens is 470 g/mol. The van der Waals surface area contributed by atoms with Crippen LogP contribution >= 0.6 is 11.6 Å². The first-order valence-electron chi connectivity index (χ1n) is 11.1. The first-order valence-corrected chi connectivity index (χ1v) is 11.5. The van der Waals surface area contributed by atoms with Crippen molar-refractivity contribution in [2.45, 2.75) is 31.7 Å². The van der Waals surface area contributed by atoms with Crippen LogP contribution in [0.4, 0.5) is 10.5 Å². The van der Waals surface area contributed by atoms with Gasteiger partial charge in [0, 0.05) is 18.5 Å². The number of nitrogens with zero attached hydrogens (tertiary/aromatic N) is 1. The number of carboxylic acids is 1. The third-order valence-corrected chi connectivity index (χ3v) is 6.13. The second-order valence-electron chi connectivity index (χ2n) is 8.30. The average Bonchev–Trinajstić information content (AvgIpc) is 3.16. The summed E-state index contributed by atoms with van der Waals surface area (Å²) in [5.74, 6) is -1.85. The van der Waals surface area contributed by atoms with E-state index in [1.165, 1.54) is 0 Å². The van der Waals surface area contributed by atoms with Gasteiger partial charge < -0.3 is 20.5 Å². The Bertz CT molecular complexity index is 1230. The number of aryl methyl sites for hydroxylation is 1. The molecule has 2 aromatic carbocycles. The Morgan fingerprint density at radius 2 is 1.71 bits per heavy atom. The zero-order chi connectivity index (χ0) is 24.9. The van der Waals surface area contributed by atoms with E-state index < -0.39 is 24.0 Å². The maximum absolute atomic E-state index is 12.9. The highest BCUT2D eigenvalue weighted by Gasteiger charge is 2.30. The fraction of sp³-hybridized carbons (Fsp3) is 0.231. The van der Waals surface area contributed by atoms with Gasteiger partial charge in [-0.2, -0.15) is 0 Å². The Morgan fingerprint density at radius 3 is 2.34 bits per heavy atom. The number of carbonyl (C=O) groups is 3. The molecule has 1 aliphatic rings. The molecule has 2 amide bonds. The van der Waals surface area contributed by atoms with E-state index in [-0.39, 0.29) is 36.2 Å². The Kier molecular flexibility index (Phi) is 7.31. The third kappa shape index (κ3) is 5.60. The number of halogens is 1. The van der Waals surface area contributed by atoms with E-state index in [4.69, 9.17) is 21.4 Å². The van der Waals surface area contributed by atoms with Gasteiger partial charge in [0.1, 0.15) is 12.6 Å². The van der Waals surface area contributed by atoms with Crippen molar-refractivity contribution in [3.63, 3.8) is 0 Å². The molecule has 3 N–H and O–H groups in total. The largest absolute Gasteiger partial charge is 0.481 e. The summed E-state index contributed by atoms with van der Waals surface area (Å²) in [7, 11) is 0. The van der Waals surface area contributed by atoms with Crippen molar-refractivity contribution in [1.82, 2.24) is 10.3 Å². The fourth-order valence-electron chi connectivity index (χ4n) is 4.18. The molecule has 0 saturated carbocycles. The molecule has 35 heavy (non-hydrogen) atoms. The molecule has 0 aliphatic heterocycles. The smallest absolute Gasteiger partial charge is 0.407 e. The number of aliphatic carboxylic acids is 1. The number of nitrogens with one attached hydrogen (secondary N) is 2. The van der Waals surface area contributed by atoms with Gasteiger partial charge in [-0.1, -0.05) is 60.1 Å². The van der Waals surface area contributed by atoms with Gasteiger partial charge in [0.05, 0.1) is 5.69 Å². The summed E-state index contributed by atoms with van der Waals surface area (Å²) in [4.78, 5) is 40.6. The number of hydrogen-bond donors (Lipinski definition) is 3. The molecule has 0 radical (unpaired) electrons. The summed E-state index contributed by atoms with van der Waals surface area (Å²) in [5.41, 5.74) is 5.35. The predicted octanol–water partition coefficient (Wildman–Crippen LogP) is 4.75. The molecular formula is C26H24ClN3O5. The molecule has 3 aromatic rings. The number of ether oxygens (including phenoxy) is 1. The normalized spacial score (nSPS) is 12.9. The molecule has 4 rings (SSSR count). The predicted molar refractivity (Wildman–Crippen MR) is 131 cm³/mol. The number of carboxylic acid groups (broad SMARTS) is 1. The Morgan fingerprint density at radius 1 is 1.09 bits per heavy atom.